The Labute approximate surface area is 165 Å². The zero-order chi connectivity index (χ0) is 20.5. The molecule has 2 heterocycles. The fourth-order valence-electron chi connectivity index (χ4n) is 3.61. The third kappa shape index (κ3) is 3.40. The van der Waals surface area contributed by atoms with Crippen LogP contribution in [0.15, 0.2) is 42.5 Å². The second-order valence-electron chi connectivity index (χ2n) is 6.93. The van der Waals surface area contributed by atoms with E-state index in [9.17, 15) is 24.0 Å². The Balaban J connectivity index is 1.56. The number of fused-ring (bicyclic) bond motifs is 1. The molecular formula is C21H17N3O5. The molecule has 0 aromatic heterocycles. The van der Waals surface area contributed by atoms with Crippen LogP contribution in [0.2, 0.25) is 0 Å². The molecule has 2 aliphatic rings. The average Bonchev–Trinajstić information content (AvgIpc) is 3.05. The number of hydrogen-bond donors (Lipinski definition) is 2. The Kier molecular flexibility index (Phi) is 4.67. The number of nitrogens with zero attached hydrogens (tertiary/aromatic N) is 1. The molecule has 29 heavy (non-hydrogen) atoms. The number of hydrogen-bond acceptors (Lipinski definition) is 5. The van der Waals surface area contributed by atoms with Crippen LogP contribution in [0.25, 0.3) is 0 Å². The highest BCUT2D eigenvalue weighted by atomic mass is 16.2. The molecule has 0 bridgehead atoms. The zero-order valence-electron chi connectivity index (χ0n) is 15.3. The summed E-state index contributed by atoms with van der Waals surface area (Å²) in [6.45, 7) is 0.168. The minimum atomic E-state index is -0.716. The van der Waals surface area contributed by atoms with E-state index in [2.05, 4.69) is 10.6 Å². The number of aldehydes is 1. The molecule has 4 rings (SSSR count). The molecule has 8 nitrogen and oxygen atoms in total. The number of amides is 4. The van der Waals surface area contributed by atoms with E-state index >= 15 is 0 Å². The van der Waals surface area contributed by atoms with Crippen molar-refractivity contribution in [1.82, 2.24) is 10.2 Å². The number of imide groups is 1. The Morgan fingerprint density at radius 1 is 1.10 bits per heavy atom. The molecule has 2 aromatic carbocycles. The van der Waals surface area contributed by atoms with E-state index in [1.165, 1.54) is 4.90 Å². The number of anilines is 1. The lowest BCUT2D eigenvalue weighted by atomic mass is 10.0. The highest BCUT2D eigenvalue weighted by Gasteiger charge is 2.39. The fourth-order valence-corrected chi connectivity index (χ4v) is 3.61. The molecule has 1 saturated heterocycles. The van der Waals surface area contributed by atoms with Gasteiger partial charge in [0.1, 0.15) is 12.3 Å². The third-order valence-corrected chi connectivity index (χ3v) is 5.14. The van der Waals surface area contributed by atoms with Crippen molar-refractivity contribution in [2.24, 2.45) is 0 Å². The van der Waals surface area contributed by atoms with E-state index in [1.54, 1.807) is 42.5 Å². The third-order valence-electron chi connectivity index (χ3n) is 5.14. The molecule has 8 heteroatoms. The quantitative estimate of drug-likeness (QED) is 0.606. The second-order valence-corrected chi connectivity index (χ2v) is 6.93. The monoisotopic (exact) mass is 391 g/mol. The van der Waals surface area contributed by atoms with E-state index in [0.29, 0.717) is 34.2 Å². The molecule has 4 amide bonds. The van der Waals surface area contributed by atoms with Crippen molar-refractivity contribution in [3.05, 3.63) is 64.7 Å². The zero-order valence-corrected chi connectivity index (χ0v) is 15.3. The molecule has 2 N–H and O–H groups in total. The van der Waals surface area contributed by atoms with E-state index < -0.39 is 11.9 Å². The summed E-state index contributed by atoms with van der Waals surface area (Å²) in [5, 5.41) is 5.06. The van der Waals surface area contributed by atoms with E-state index in [-0.39, 0.29) is 37.1 Å². The largest absolute Gasteiger partial charge is 0.322 e. The Morgan fingerprint density at radius 3 is 2.55 bits per heavy atom. The molecule has 2 aliphatic heterocycles. The van der Waals surface area contributed by atoms with Gasteiger partial charge in [-0.2, -0.15) is 0 Å². The standard InChI is InChI=1S/C21H17N3O5/c25-11-12-4-6-13(7-5-12)19(27)22-16-3-1-2-14-15(16)10-24(21(14)29)17-8-9-18(26)23-20(17)28/h1-7,11,17H,8-10H2,(H,22,27)(H,23,26,28). The van der Waals surface area contributed by atoms with Gasteiger partial charge in [0.15, 0.2) is 0 Å². The summed E-state index contributed by atoms with van der Waals surface area (Å²) in [7, 11) is 0. The first-order valence-corrected chi connectivity index (χ1v) is 9.11. The van der Waals surface area contributed by atoms with Gasteiger partial charge in [0, 0.05) is 40.9 Å². The number of carbonyl (C=O) groups excluding carboxylic acids is 5. The lowest BCUT2D eigenvalue weighted by Crippen LogP contribution is -2.52. The molecule has 2 aromatic rings. The van der Waals surface area contributed by atoms with Crippen molar-refractivity contribution >= 4 is 35.6 Å². The predicted octanol–water partition coefficient (Wildman–Crippen LogP) is 1.51. The van der Waals surface area contributed by atoms with Crippen molar-refractivity contribution < 1.29 is 24.0 Å². The first-order valence-electron chi connectivity index (χ1n) is 9.11. The van der Waals surface area contributed by atoms with E-state index in [0.717, 1.165) is 0 Å². The van der Waals surface area contributed by atoms with E-state index in [1.807, 2.05) is 0 Å². The first kappa shape index (κ1) is 18.5. The molecule has 146 valence electrons. The maximum atomic E-state index is 12.8. The lowest BCUT2D eigenvalue weighted by molar-refractivity contribution is -0.136. The smallest absolute Gasteiger partial charge is 0.255 e. The van der Waals surface area contributed by atoms with Crippen LogP contribution >= 0.6 is 0 Å². The van der Waals surface area contributed by atoms with Gasteiger partial charge >= 0.3 is 0 Å². The highest BCUT2D eigenvalue weighted by molar-refractivity contribution is 6.09. The molecule has 0 radical (unpaired) electrons. The van der Waals surface area contributed by atoms with Crippen molar-refractivity contribution in [3.8, 4) is 0 Å². The summed E-state index contributed by atoms with van der Waals surface area (Å²) in [4.78, 5) is 61.1. The molecular weight excluding hydrogens is 374 g/mol. The van der Waals surface area contributed by atoms with Crippen LogP contribution in [0, 0.1) is 0 Å². The van der Waals surface area contributed by atoms with Crippen LogP contribution in [0.3, 0.4) is 0 Å². The summed E-state index contributed by atoms with van der Waals surface area (Å²) in [6, 6.07) is 10.5. The van der Waals surface area contributed by atoms with Gasteiger partial charge in [0.25, 0.3) is 11.8 Å². The summed E-state index contributed by atoms with van der Waals surface area (Å²) < 4.78 is 0. The number of benzene rings is 2. The second kappa shape index (κ2) is 7.31. The summed E-state index contributed by atoms with van der Waals surface area (Å²) in [6.07, 6.45) is 1.15. The van der Waals surface area contributed by atoms with Gasteiger partial charge in [-0.05, 0) is 30.7 Å². The normalized spacial score (nSPS) is 18.3. The Morgan fingerprint density at radius 2 is 1.86 bits per heavy atom. The van der Waals surface area contributed by atoms with Gasteiger partial charge in [-0.15, -0.1) is 0 Å². The topological polar surface area (TPSA) is 113 Å². The fraction of sp³-hybridized carbons (Fsp3) is 0.190. The number of piperidine rings is 1. The summed E-state index contributed by atoms with van der Waals surface area (Å²) in [5.41, 5.74) is 2.37. The van der Waals surface area contributed by atoms with Crippen LogP contribution in [-0.4, -0.2) is 40.9 Å². The van der Waals surface area contributed by atoms with Crippen LogP contribution in [-0.2, 0) is 16.1 Å². The van der Waals surface area contributed by atoms with Crippen LogP contribution in [0.4, 0.5) is 5.69 Å². The van der Waals surface area contributed by atoms with E-state index in [4.69, 9.17) is 0 Å². The molecule has 1 atom stereocenters. The van der Waals surface area contributed by atoms with Crippen LogP contribution < -0.4 is 10.6 Å². The Hall–Kier alpha value is -3.81. The van der Waals surface area contributed by atoms with Gasteiger partial charge in [-0.3, -0.25) is 29.3 Å². The predicted molar refractivity (Wildman–Crippen MR) is 102 cm³/mol. The van der Waals surface area contributed by atoms with Gasteiger partial charge in [0.05, 0.1) is 0 Å². The van der Waals surface area contributed by atoms with Gasteiger partial charge in [-0.25, -0.2) is 0 Å². The average molecular weight is 391 g/mol. The minimum Gasteiger partial charge on any atom is -0.322 e. The van der Waals surface area contributed by atoms with Gasteiger partial charge in [0.2, 0.25) is 11.8 Å². The maximum Gasteiger partial charge on any atom is 0.255 e. The number of nitrogens with one attached hydrogen (secondary N) is 2. The number of carbonyl (C=O) groups is 5. The van der Waals surface area contributed by atoms with Crippen molar-refractivity contribution in [2.75, 3.05) is 5.32 Å². The molecule has 1 fully saturated rings. The molecule has 0 aliphatic carbocycles. The number of rotatable bonds is 4. The Bertz CT molecular complexity index is 1040. The van der Waals surface area contributed by atoms with Gasteiger partial charge < -0.3 is 10.2 Å². The van der Waals surface area contributed by atoms with Crippen LogP contribution in [0.5, 0.6) is 0 Å². The van der Waals surface area contributed by atoms with Crippen molar-refractivity contribution in [2.45, 2.75) is 25.4 Å². The molecule has 1 unspecified atom stereocenters. The van der Waals surface area contributed by atoms with Crippen molar-refractivity contribution in [3.63, 3.8) is 0 Å². The van der Waals surface area contributed by atoms with Gasteiger partial charge in [-0.1, -0.05) is 18.2 Å². The minimum absolute atomic E-state index is 0.168. The SMILES string of the molecule is O=Cc1ccc(C(=O)Nc2cccc3c2CN(C2CCC(=O)NC2=O)C3=O)cc1. The summed E-state index contributed by atoms with van der Waals surface area (Å²) >= 11 is 0. The molecule has 0 saturated carbocycles. The first-order chi connectivity index (χ1) is 14.0. The van der Waals surface area contributed by atoms with Crippen molar-refractivity contribution in [1.29, 1.82) is 0 Å². The van der Waals surface area contributed by atoms with Crippen LogP contribution in [0.1, 0.15) is 49.5 Å². The maximum absolute atomic E-state index is 12.8. The lowest BCUT2D eigenvalue weighted by Gasteiger charge is -2.29. The molecule has 0 spiro atoms. The summed E-state index contributed by atoms with van der Waals surface area (Å²) in [5.74, 6) is -1.50. The highest BCUT2D eigenvalue weighted by Crippen LogP contribution is 2.32.